The molecule has 2 saturated heterocycles. The standard InChI is InChI=1S/C23H38N4O2.HI/c1-19-15-22(17-27(19)16-20-7-4-3-5-8-20)26-23(24-2)25-11-6-12-29-18-21-9-13-28-14-10-21;/h3-5,7-8,19,21-22H,6,9-18H2,1-2H3,(H2,24,25,26);1H. The molecule has 30 heavy (non-hydrogen) atoms. The Morgan fingerprint density at radius 1 is 1.23 bits per heavy atom. The van der Waals surface area contributed by atoms with E-state index in [1.54, 1.807) is 0 Å². The van der Waals surface area contributed by atoms with Crippen LogP contribution in [0.15, 0.2) is 35.3 Å². The lowest BCUT2D eigenvalue weighted by Crippen LogP contribution is -2.44. The van der Waals surface area contributed by atoms with Gasteiger partial charge >= 0.3 is 0 Å². The van der Waals surface area contributed by atoms with Crippen LogP contribution in [0.25, 0.3) is 0 Å². The molecule has 2 fully saturated rings. The molecular weight excluding hydrogens is 491 g/mol. The highest BCUT2D eigenvalue weighted by atomic mass is 127. The summed E-state index contributed by atoms with van der Waals surface area (Å²) in [4.78, 5) is 6.94. The van der Waals surface area contributed by atoms with Crippen molar-refractivity contribution in [3.05, 3.63) is 35.9 Å². The molecule has 0 aromatic heterocycles. The first-order valence-corrected chi connectivity index (χ1v) is 11.1. The summed E-state index contributed by atoms with van der Waals surface area (Å²) in [5, 5.41) is 7.03. The highest BCUT2D eigenvalue weighted by Crippen LogP contribution is 2.20. The summed E-state index contributed by atoms with van der Waals surface area (Å²) in [5.41, 5.74) is 1.38. The molecule has 2 atom stereocenters. The van der Waals surface area contributed by atoms with Crippen molar-refractivity contribution in [2.24, 2.45) is 10.9 Å². The van der Waals surface area contributed by atoms with E-state index in [1.807, 2.05) is 7.05 Å². The number of rotatable bonds is 9. The summed E-state index contributed by atoms with van der Waals surface area (Å²) < 4.78 is 11.2. The van der Waals surface area contributed by atoms with Crippen LogP contribution in [0.3, 0.4) is 0 Å². The fourth-order valence-corrected chi connectivity index (χ4v) is 4.17. The van der Waals surface area contributed by atoms with Crippen molar-refractivity contribution in [3.63, 3.8) is 0 Å². The molecule has 2 heterocycles. The van der Waals surface area contributed by atoms with Crippen LogP contribution in [0.1, 0.15) is 38.2 Å². The van der Waals surface area contributed by atoms with Crippen molar-refractivity contribution in [1.29, 1.82) is 0 Å². The lowest BCUT2D eigenvalue weighted by molar-refractivity contribution is 0.0203. The Kier molecular flexibility index (Phi) is 12.0. The Hall–Kier alpha value is -0.900. The van der Waals surface area contributed by atoms with Gasteiger partial charge in [-0.1, -0.05) is 30.3 Å². The van der Waals surface area contributed by atoms with E-state index in [4.69, 9.17) is 9.47 Å². The lowest BCUT2D eigenvalue weighted by Gasteiger charge is -2.22. The van der Waals surface area contributed by atoms with Crippen molar-refractivity contribution < 1.29 is 9.47 Å². The van der Waals surface area contributed by atoms with Gasteiger partial charge < -0.3 is 20.1 Å². The lowest BCUT2D eigenvalue weighted by atomic mass is 10.0. The molecule has 2 N–H and O–H groups in total. The number of benzene rings is 1. The number of nitrogens with one attached hydrogen (secondary N) is 2. The van der Waals surface area contributed by atoms with E-state index >= 15 is 0 Å². The zero-order valence-electron chi connectivity index (χ0n) is 18.5. The molecule has 1 aromatic carbocycles. The molecule has 170 valence electrons. The van der Waals surface area contributed by atoms with Gasteiger partial charge in [-0.25, -0.2) is 0 Å². The van der Waals surface area contributed by atoms with Crippen LogP contribution in [0.2, 0.25) is 0 Å². The summed E-state index contributed by atoms with van der Waals surface area (Å²) in [6.45, 7) is 8.70. The number of likely N-dealkylation sites (tertiary alicyclic amines) is 1. The zero-order valence-corrected chi connectivity index (χ0v) is 20.8. The van der Waals surface area contributed by atoms with E-state index in [2.05, 4.69) is 57.8 Å². The minimum atomic E-state index is 0. The van der Waals surface area contributed by atoms with Crippen LogP contribution >= 0.6 is 24.0 Å². The maximum Gasteiger partial charge on any atom is 0.191 e. The second-order valence-electron chi connectivity index (χ2n) is 8.32. The molecule has 0 radical (unpaired) electrons. The highest BCUT2D eigenvalue weighted by molar-refractivity contribution is 14.0. The van der Waals surface area contributed by atoms with Gasteiger partial charge in [0, 0.05) is 65.2 Å². The normalized spacial score (nSPS) is 23.2. The maximum atomic E-state index is 5.84. The largest absolute Gasteiger partial charge is 0.381 e. The van der Waals surface area contributed by atoms with E-state index in [0.29, 0.717) is 18.0 Å². The van der Waals surface area contributed by atoms with Gasteiger partial charge in [0.1, 0.15) is 0 Å². The zero-order chi connectivity index (χ0) is 20.3. The average Bonchev–Trinajstić information content (AvgIpc) is 3.09. The summed E-state index contributed by atoms with van der Waals surface area (Å²) >= 11 is 0. The third-order valence-electron chi connectivity index (χ3n) is 5.95. The van der Waals surface area contributed by atoms with Gasteiger partial charge in [-0.2, -0.15) is 0 Å². The van der Waals surface area contributed by atoms with Gasteiger partial charge in [-0.05, 0) is 44.1 Å². The van der Waals surface area contributed by atoms with Crippen LogP contribution in [-0.2, 0) is 16.0 Å². The SMILES string of the molecule is CN=C(NCCCOCC1CCOCC1)NC1CC(C)N(Cc2ccccc2)C1.I. The number of ether oxygens (including phenoxy) is 2. The number of guanidine groups is 1. The number of hydrogen-bond donors (Lipinski definition) is 2. The van der Waals surface area contributed by atoms with E-state index < -0.39 is 0 Å². The van der Waals surface area contributed by atoms with Crippen molar-refractivity contribution in [3.8, 4) is 0 Å². The quantitative estimate of drug-likeness (QED) is 0.222. The molecule has 0 amide bonds. The van der Waals surface area contributed by atoms with Gasteiger partial charge in [-0.15, -0.1) is 24.0 Å². The first-order chi connectivity index (χ1) is 14.2. The van der Waals surface area contributed by atoms with Crippen LogP contribution in [0.5, 0.6) is 0 Å². The van der Waals surface area contributed by atoms with Gasteiger partial charge in [0.05, 0.1) is 0 Å². The summed E-state index contributed by atoms with van der Waals surface area (Å²) in [5.74, 6) is 1.57. The van der Waals surface area contributed by atoms with E-state index in [-0.39, 0.29) is 24.0 Å². The maximum absolute atomic E-state index is 5.84. The van der Waals surface area contributed by atoms with Gasteiger partial charge in [0.15, 0.2) is 5.96 Å². The van der Waals surface area contributed by atoms with Crippen molar-refractivity contribution >= 4 is 29.9 Å². The van der Waals surface area contributed by atoms with Crippen molar-refractivity contribution in [2.75, 3.05) is 46.6 Å². The second kappa shape index (κ2) is 14.2. The fraction of sp³-hybridized carbons (Fsp3) is 0.696. The first-order valence-electron chi connectivity index (χ1n) is 11.1. The molecule has 2 aliphatic rings. The predicted octanol–water partition coefficient (Wildman–Crippen LogP) is 3.27. The second-order valence-corrected chi connectivity index (χ2v) is 8.32. The Morgan fingerprint density at radius 3 is 2.73 bits per heavy atom. The Bertz CT molecular complexity index is 610. The van der Waals surface area contributed by atoms with Crippen molar-refractivity contribution in [1.82, 2.24) is 15.5 Å². The third kappa shape index (κ3) is 8.69. The molecule has 2 aliphatic heterocycles. The molecule has 2 unspecified atom stereocenters. The van der Waals surface area contributed by atoms with E-state index in [0.717, 1.165) is 77.7 Å². The Morgan fingerprint density at radius 2 is 2.00 bits per heavy atom. The fourth-order valence-electron chi connectivity index (χ4n) is 4.17. The average molecular weight is 530 g/mol. The van der Waals surface area contributed by atoms with Gasteiger partial charge in [0.25, 0.3) is 0 Å². The minimum absolute atomic E-state index is 0. The summed E-state index contributed by atoms with van der Waals surface area (Å²) in [7, 11) is 1.84. The topological polar surface area (TPSA) is 58.1 Å². The Labute approximate surface area is 199 Å². The molecule has 7 heteroatoms. The first kappa shape index (κ1) is 25.4. The number of nitrogens with zero attached hydrogens (tertiary/aromatic N) is 2. The molecule has 0 bridgehead atoms. The van der Waals surface area contributed by atoms with Crippen LogP contribution < -0.4 is 10.6 Å². The van der Waals surface area contributed by atoms with E-state index in [9.17, 15) is 0 Å². The summed E-state index contributed by atoms with van der Waals surface area (Å²) in [6.07, 6.45) is 4.40. The molecule has 1 aromatic rings. The van der Waals surface area contributed by atoms with E-state index in [1.165, 1.54) is 5.56 Å². The molecule has 3 rings (SSSR count). The number of aliphatic imine (C=N–C) groups is 1. The highest BCUT2D eigenvalue weighted by Gasteiger charge is 2.29. The molecule has 0 spiro atoms. The number of halogens is 1. The predicted molar refractivity (Wildman–Crippen MR) is 134 cm³/mol. The van der Waals surface area contributed by atoms with Crippen LogP contribution in [-0.4, -0.2) is 69.5 Å². The van der Waals surface area contributed by atoms with Crippen molar-refractivity contribution in [2.45, 2.75) is 51.2 Å². The smallest absolute Gasteiger partial charge is 0.191 e. The van der Waals surface area contributed by atoms with Gasteiger partial charge in [0.2, 0.25) is 0 Å². The van der Waals surface area contributed by atoms with Crippen LogP contribution in [0.4, 0.5) is 0 Å². The molecule has 0 saturated carbocycles. The minimum Gasteiger partial charge on any atom is -0.381 e. The third-order valence-corrected chi connectivity index (χ3v) is 5.95. The monoisotopic (exact) mass is 530 g/mol. The van der Waals surface area contributed by atoms with Crippen LogP contribution in [0, 0.1) is 5.92 Å². The van der Waals surface area contributed by atoms with Gasteiger partial charge in [-0.3, -0.25) is 9.89 Å². The molecular formula is C23H39IN4O2. The molecule has 6 nitrogen and oxygen atoms in total. The summed E-state index contributed by atoms with van der Waals surface area (Å²) in [6, 6.07) is 11.7. The Balaban J connectivity index is 0.00000320. The molecule has 0 aliphatic carbocycles. The number of hydrogen-bond acceptors (Lipinski definition) is 4.